The summed E-state index contributed by atoms with van der Waals surface area (Å²) in [5, 5.41) is 13.3. The first kappa shape index (κ1) is 43.9. The molecule has 1 aliphatic carbocycles. The molecular weight excluding hydrogens is 610 g/mol. The van der Waals surface area contributed by atoms with Gasteiger partial charge in [-0.2, -0.15) is 0 Å². The number of carbonyl (C=O) groups is 2. The molecule has 0 aromatic heterocycles. The van der Waals surface area contributed by atoms with Crippen LogP contribution in [-0.2, 0) is 15.0 Å². The van der Waals surface area contributed by atoms with Crippen molar-refractivity contribution in [2.75, 3.05) is 39.8 Å². The maximum absolute atomic E-state index is 12.2. The zero-order valence-electron chi connectivity index (χ0n) is 30.4. The van der Waals surface area contributed by atoms with Crippen molar-refractivity contribution in [3.63, 3.8) is 0 Å². The molecule has 47 heavy (non-hydrogen) atoms. The number of ether oxygens (including phenoxy) is 1. The van der Waals surface area contributed by atoms with Crippen LogP contribution >= 0.6 is 11.6 Å². The number of benzene rings is 2. The Morgan fingerprint density at radius 2 is 1.74 bits per heavy atom. The van der Waals surface area contributed by atoms with Gasteiger partial charge in [-0.05, 0) is 80.8 Å². The first-order valence-corrected chi connectivity index (χ1v) is 17.6. The van der Waals surface area contributed by atoms with Gasteiger partial charge in [0.2, 0.25) is 12.3 Å². The van der Waals surface area contributed by atoms with E-state index in [1.54, 1.807) is 0 Å². The highest BCUT2D eigenvalue weighted by molar-refractivity contribution is 6.30. The summed E-state index contributed by atoms with van der Waals surface area (Å²) in [6.45, 7) is 17.6. The van der Waals surface area contributed by atoms with Crippen LogP contribution in [0.1, 0.15) is 91.2 Å². The second-order valence-corrected chi connectivity index (χ2v) is 12.8. The lowest BCUT2D eigenvalue weighted by molar-refractivity contribution is -0.120. The van der Waals surface area contributed by atoms with Gasteiger partial charge in [0.05, 0.1) is 6.54 Å². The van der Waals surface area contributed by atoms with Crippen molar-refractivity contribution < 1.29 is 14.3 Å². The molecule has 3 rings (SSSR count). The van der Waals surface area contributed by atoms with E-state index >= 15 is 0 Å². The van der Waals surface area contributed by atoms with Crippen molar-refractivity contribution in [2.24, 2.45) is 11.7 Å². The Morgan fingerprint density at radius 1 is 1.06 bits per heavy atom. The maximum atomic E-state index is 12.2. The van der Waals surface area contributed by atoms with Crippen molar-refractivity contribution in [3.8, 4) is 5.75 Å². The van der Waals surface area contributed by atoms with Crippen LogP contribution in [0.2, 0.25) is 5.02 Å². The van der Waals surface area contributed by atoms with Crippen LogP contribution in [0.15, 0.2) is 60.3 Å². The number of amides is 2. The summed E-state index contributed by atoms with van der Waals surface area (Å²) in [7, 11) is 1.50. The number of hydrogen-bond donors (Lipinski definition) is 5. The van der Waals surface area contributed by atoms with Gasteiger partial charge in [-0.3, -0.25) is 9.59 Å². The monoisotopic (exact) mass is 673 g/mol. The topological polar surface area (TPSA) is 118 Å². The van der Waals surface area contributed by atoms with Crippen LogP contribution in [0, 0.1) is 12.8 Å². The molecule has 2 aromatic carbocycles. The van der Waals surface area contributed by atoms with Crippen molar-refractivity contribution in [3.05, 3.63) is 76.5 Å². The van der Waals surface area contributed by atoms with Crippen LogP contribution in [0.5, 0.6) is 5.75 Å². The maximum Gasteiger partial charge on any atom is 0.239 e. The van der Waals surface area contributed by atoms with Crippen LogP contribution in [0.25, 0.3) is 0 Å². The Balaban J connectivity index is 0.00000136. The smallest absolute Gasteiger partial charge is 0.239 e. The van der Waals surface area contributed by atoms with Gasteiger partial charge in [-0.25, -0.2) is 0 Å². The molecule has 9 heteroatoms. The molecule has 0 heterocycles. The van der Waals surface area contributed by atoms with E-state index in [0.717, 1.165) is 53.6 Å². The van der Waals surface area contributed by atoms with E-state index < -0.39 is 0 Å². The van der Waals surface area contributed by atoms with Crippen LogP contribution in [0.4, 0.5) is 0 Å². The predicted molar refractivity (Wildman–Crippen MR) is 200 cm³/mol. The number of para-hydroxylation sites is 1. The average molecular weight is 674 g/mol. The van der Waals surface area contributed by atoms with E-state index in [2.05, 4.69) is 80.7 Å². The molecule has 1 aliphatic rings. The number of carbonyl (C=O) groups excluding carboxylic acids is 2. The second kappa shape index (κ2) is 26.9. The first-order chi connectivity index (χ1) is 22.6. The molecule has 0 aliphatic heterocycles. The Bertz CT molecular complexity index is 1120. The highest BCUT2D eigenvalue weighted by Gasteiger charge is 2.25. The van der Waals surface area contributed by atoms with Crippen LogP contribution in [0.3, 0.4) is 0 Å². The SMILES string of the molecule is CC/C=C(/CNCCOc1ccccc1C(C)(C)CCNC=O)NCC(=O)NC(C)CC1CC1.CCC.CN.Cc1cccc(Cl)c1. The van der Waals surface area contributed by atoms with Gasteiger partial charge < -0.3 is 31.7 Å². The summed E-state index contributed by atoms with van der Waals surface area (Å²) in [5.41, 5.74) is 7.75. The quantitative estimate of drug-likeness (QED) is 0.0869. The van der Waals surface area contributed by atoms with Crippen molar-refractivity contribution >= 4 is 23.9 Å². The molecule has 1 unspecified atom stereocenters. The third-order valence-electron chi connectivity index (χ3n) is 7.14. The molecule has 1 saturated carbocycles. The van der Waals surface area contributed by atoms with Gasteiger partial charge in [0.15, 0.2) is 0 Å². The molecule has 0 spiro atoms. The lowest BCUT2D eigenvalue weighted by Gasteiger charge is -2.27. The van der Waals surface area contributed by atoms with E-state index in [1.165, 1.54) is 31.9 Å². The number of rotatable bonds is 18. The van der Waals surface area contributed by atoms with Gasteiger partial charge in [-0.1, -0.05) is 102 Å². The van der Waals surface area contributed by atoms with E-state index in [4.69, 9.17) is 16.3 Å². The van der Waals surface area contributed by atoms with Gasteiger partial charge in [0.1, 0.15) is 12.4 Å². The first-order valence-electron chi connectivity index (χ1n) is 17.2. The number of halogens is 1. The Labute approximate surface area is 291 Å². The minimum atomic E-state index is -0.113. The van der Waals surface area contributed by atoms with E-state index in [1.807, 2.05) is 49.4 Å². The molecule has 8 nitrogen and oxygen atoms in total. The summed E-state index contributed by atoms with van der Waals surface area (Å²) < 4.78 is 6.09. The van der Waals surface area contributed by atoms with Crippen molar-refractivity contribution in [1.82, 2.24) is 21.3 Å². The standard InChI is InChI=1S/C27H44N4O3.C7H7Cl.C3H8.CH5N/c1-5-8-23(30-19-26(33)31-21(2)17-22-11-12-22)18-28-15-16-34-25-10-7-6-9-24(25)27(3,4)13-14-29-20-32;1-6-3-2-4-7(8)5-6;1-3-2;1-2/h6-10,20-22,28,30H,5,11-19H2,1-4H3,(H,29,32)(H,31,33);2-5H,1H3;3H2,1-2H3;2H2,1H3/b23-8-;;;. The number of aryl methyl sites for hydroxylation is 1. The Hall–Kier alpha value is -3.07. The lowest BCUT2D eigenvalue weighted by atomic mass is 9.81. The third-order valence-corrected chi connectivity index (χ3v) is 7.38. The van der Waals surface area contributed by atoms with Crippen molar-refractivity contribution in [2.45, 2.75) is 98.4 Å². The molecule has 0 bridgehead atoms. The molecule has 0 saturated heterocycles. The largest absolute Gasteiger partial charge is 0.492 e. The van der Waals surface area contributed by atoms with E-state index in [9.17, 15) is 9.59 Å². The van der Waals surface area contributed by atoms with Crippen LogP contribution < -0.4 is 31.7 Å². The molecule has 0 radical (unpaired) electrons. The average Bonchev–Trinajstić information content (AvgIpc) is 3.85. The van der Waals surface area contributed by atoms with Gasteiger partial charge in [0, 0.05) is 36.4 Å². The minimum Gasteiger partial charge on any atom is -0.492 e. The predicted octanol–water partition coefficient (Wildman–Crippen LogP) is 6.90. The summed E-state index contributed by atoms with van der Waals surface area (Å²) in [6, 6.07) is 16.1. The fourth-order valence-electron chi connectivity index (χ4n) is 4.68. The second-order valence-electron chi connectivity index (χ2n) is 12.4. The molecule has 2 aromatic rings. The normalized spacial score (nSPS) is 12.9. The van der Waals surface area contributed by atoms with Gasteiger partial charge in [-0.15, -0.1) is 0 Å². The lowest BCUT2D eigenvalue weighted by Crippen LogP contribution is -2.40. The molecule has 2 amide bonds. The Kier molecular flexibility index (Phi) is 25.2. The summed E-state index contributed by atoms with van der Waals surface area (Å²) in [4.78, 5) is 22.8. The minimum absolute atomic E-state index is 0.0426. The zero-order valence-corrected chi connectivity index (χ0v) is 31.1. The molecule has 1 atom stereocenters. The summed E-state index contributed by atoms with van der Waals surface area (Å²) in [5.74, 6) is 1.73. The number of nitrogens with one attached hydrogen (secondary N) is 4. The van der Waals surface area contributed by atoms with E-state index in [-0.39, 0.29) is 17.4 Å². The highest BCUT2D eigenvalue weighted by Crippen LogP contribution is 2.34. The number of nitrogens with two attached hydrogens (primary N) is 1. The van der Waals surface area contributed by atoms with Crippen LogP contribution in [-0.4, -0.2) is 58.2 Å². The third kappa shape index (κ3) is 22.2. The fourth-order valence-corrected chi connectivity index (χ4v) is 4.92. The number of allylic oxidation sites excluding steroid dienone is 1. The van der Waals surface area contributed by atoms with Gasteiger partial charge >= 0.3 is 0 Å². The zero-order chi connectivity index (χ0) is 35.5. The van der Waals surface area contributed by atoms with Gasteiger partial charge in [0.25, 0.3) is 0 Å². The summed E-state index contributed by atoms with van der Waals surface area (Å²) in [6.07, 6.45) is 9.53. The van der Waals surface area contributed by atoms with Crippen molar-refractivity contribution in [1.29, 1.82) is 0 Å². The molecular formula is C38H64ClN5O3. The molecule has 6 N–H and O–H groups in total. The fraction of sp³-hybridized carbons (Fsp3) is 0.579. The highest BCUT2D eigenvalue weighted by atomic mass is 35.5. The molecule has 266 valence electrons. The van der Waals surface area contributed by atoms with E-state index in [0.29, 0.717) is 32.8 Å². The summed E-state index contributed by atoms with van der Waals surface area (Å²) >= 11 is 5.64. The number of hydrogen-bond acceptors (Lipinski definition) is 6. The Morgan fingerprint density at radius 3 is 2.32 bits per heavy atom. The molecule has 1 fully saturated rings.